The van der Waals surface area contributed by atoms with Crippen LogP contribution in [-0.2, 0) is 6.54 Å². The molecule has 0 spiro atoms. The second kappa shape index (κ2) is 8.44. The van der Waals surface area contributed by atoms with Crippen LogP contribution in [0.15, 0.2) is 85.3 Å². The highest BCUT2D eigenvalue weighted by atomic mass is 16.7. The maximum atomic E-state index is 5.52. The molecule has 3 aromatic carbocycles. The maximum Gasteiger partial charge on any atom is 0.231 e. The molecule has 0 amide bonds. The monoisotopic (exact) mass is 450 g/mol. The van der Waals surface area contributed by atoms with Gasteiger partial charge in [0.1, 0.15) is 17.9 Å². The molecular formula is C27H22N4O3. The van der Waals surface area contributed by atoms with Gasteiger partial charge in [0, 0.05) is 24.0 Å². The Morgan fingerprint density at radius 2 is 1.76 bits per heavy atom. The van der Waals surface area contributed by atoms with E-state index in [1.807, 2.05) is 60.7 Å². The molecule has 0 saturated heterocycles. The summed E-state index contributed by atoms with van der Waals surface area (Å²) in [5, 5.41) is 4.47. The van der Waals surface area contributed by atoms with Crippen molar-refractivity contribution in [1.29, 1.82) is 0 Å². The molecule has 34 heavy (non-hydrogen) atoms. The van der Waals surface area contributed by atoms with Gasteiger partial charge in [-0.25, -0.2) is 9.97 Å². The number of ether oxygens (including phenoxy) is 3. The Morgan fingerprint density at radius 1 is 0.941 bits per heavy atom. The number of hydrogen-bond donors (Lipinski definition) is 1. The molecule has 0 radical (unpaired) electrons. The molecule has 3 heterocycles. The Bertz CT molecular complexity index is 1460. The first-order valence-corrected chi connectivity index (χ1v) is 11.0. The number of anilines is 1. The molecule has 0 atom stereocenters. The van der Waals surface area contributed by atoms with Crippen molar-refractivity contribution in [3.63, 3.8) is 0 Å². The van der Waals surface area contributed by atoms with Crippen molar-refractivity contribution in [2.45, 2.75) is 6.54 Å². The minimum Gasteiger partial charge on any atom is -0.497 e. The summed E-state index contributed by atoms with van der Waals surface area (Å²) >= 11 is 0. The lowest BCUT2D eigenvalue weighted by Crippen LogP contribution is -2.03. The summed E-state index contributed by atoms with van der Waals surface area (Å²) in [6, 6.07) is 24.2. The highest BCUT2D eigenvalue weighted by molar-refractivity contribution is 6.02. The molecule has 0 fully saturated rings. The highest BCUT2D eigenvalue weighted by Crippen LogP contribution is 2.36. The molecule has 0 bridgehead atoms. The van der Waals surface area contributed by atoms with E-state index in [2.05, 4.69) is 38.2 Å². The lowest BCUT2D eigenvalue weighted by Gasteiger charge is -2.10. The second-order valence-corrected chi connectivity index (χ2v) is 7.94. The van der Waals surface area contributed by atoms with Gasteiger partial charge >= 0.3 is 0 Å². The number of hydrogen-bond acceptors (Lipinski definition) is 6. The van der Waals surface area contributed by atoms with Crippen LogP contribution in [0, 0.1) is 0 Å². The van der Waals surface area contributed by atoms with Crippen LogP contribution >= 0.6 is 0 Å². The SMILES string of the molecule is COc1ccc(-n2cc(-c3ccccc3)c3c(NCc4ccc5c(c4)OCO5)ncnc32)cc1. The van der Waals surface area contributed by atoms with E-state index in [1.165, 1.54) is 0 Å². The standard InChI is InChI=1S/C27H22N4O3/c1-32-21-10-8-20(9-11-21)31-15-22(19-5-3-2-4-6-19)25-26(29-16-30-27(25)31)28-14-18-7-12-23-24(13-18)34-17-33-23/h2-13,15-16H,14,17H2,1H3,(H,28,29,30). The number of nitrogens with one attached hydrogen (secondary N) is 1. The minimum absolute atomic E-state index is 0.262. The molecule has 168 valence electrons. The van der Waals surface area contributed by atoms with Crippen molar-refractivity contribution in [3.05, 3.63) is 90.9 Å². The van der Waals surface area contributed by atoms with E-state index in [9.17, 15) is 0 Å². The van der Waals surface area contributed by atoms with Gasteiger partial charge in [-0.2, -0.15) is 0 Å². The number of fused-ring (bicyclic) bond motifs is 2. The zero-order chi connectivity index (χ0) is 22.9. The molecular weight excluding hydrogens is 428 g/mol. The number of methoxy groups -OCH3 is 1. The predicted octanol–water partition coefficient (Wildman–Crippen LogP) is 5.44. The lowest BCUT2D eigenvalue weighted by molar-refractivity contribution is 0.174. The van der Waals surface area contributed by atoms with Gasteiger partial charge in [-0.1, -0.05) is 36.4 Å². The summed E-state index contributed by atoms with van der Waals surface area (Å²) in [4.78, 5) is 9.26. The normalized spacial score (nSPS) is 12.1. The largest absolute Gasteiger partial charge is 0.497 e. The van der Waals surface area contributed by atoms with Crippen molar-refractivity contribution in [2.75, 3.05) is 19.2 Å². The van der Waals surface area contributed by atoms with Crippen molar-refractivity contribution >= 4 is 16.9 Å². The zero-order valence-electron chi connectivity index (χ0n) is 18.6. The van der Waals surface area contributed by atoms with Crippen LogP contribution in [0.25, 0.3) is 27.8 Å². The Labute approximate surface area is 196 Å². The number of benzene rings is 3. The topological polar surface area (TPSA) is 70.4 Å². The van der Waals surface area contributed by atoms with Crippen molar-refractivity contribution < 1.29 is 14.2 Å². The second-order valence-electron chi connectivity index (χ2n) is 7.94. The molecule has 1 N–H and O–H groups in total. The first-order valence-electron chi connectivity index (χ1n) is 11.0. The summed E-state index contributed by atoms with van der Waals surface area (Å²) < 4.78 is 18.4. The van der Waals surface area contributed by atoms with Crippen LogP contribution in [0.1, 0.15) is 5.56 Å². The van der Waals surface area contributed by atoms with E-state index in [4.69, 9.17) is 14.2 Å². The van der Waals surface area contributed by atoms with Gasteiger partial charge in [0.2, 0.25) is 6.79 Å². The maximum absolute atomic E-state index is 5.52. The van der Waals surface area contributed by atoms with Crippen LogP contribution in [0.3, 0.4) is 0 Å². The number of aromatic nitrogens is 3. The molecule has 0 aliphatic carbocycles. The molecule has 5 aromatic rings. The zero-order valence-corrected chi connectivity index (χ0v) is 18.6. The Balaban J connectivity index is 1.43. The Morgan fingerprint density at radius 3 is 2.59 bits per heavy atom. The first-order chi connectivity index (χ1) is 16.8. The van der Waals surface area contributed by atoms with Crippen LogP contribution < -0.4 is 19.5 Å². The van der Waals surface area contributed by atoms with Gasteiger partial charge in [-0.15, -0.1) is 0 Å². The molecule has 0 unspecified atom stereocenters. The summed E-state index contributed by atoms with van der Waals surface area (Å²) in [6.07, 6.45) is 3.71. The first kappa shape index (κ1) is 20.1. The minimum atomic E-state index is 0.262. The van der Waals surface area contributed by atoms with E-state index in [0.29, 0.717) is 6.54 Å². The molecule has 1 aliphatic rings. The average molecular weight is 450 g/mol. The third-order valence-corrected chi connectivity index (χ3v) is 5.92. The summed E-state index contributed by atoms with van der Waals surface area (Å²) in [7, 11) is 1.67. The number of rotatable bonds is 6. The van der Waals surface area contributed by atoms with Crippen LogP contribution in [0.4, 0.5) is 5.82 Å². The third kappa shape index (κ3) is 3.57. The number of nitrogens with zero attached hydrogens (tertiary/aromatic N) is 3. The smallest absolute Gasteiger partial charge is 0.231 e. The van der Waals surface area contributed by atoms with Gasteiger partial charge in [0.15, 0.2) is 17.1 Å². The van der Waals surface area contributed by atoms with Gasteiger partial charge in [-0.3, -0.25) is 0 Å². The van der Waals surface area contributed by atoms with E-state index in [-0.39, 0.29) is 6.79 Å². The molecule has 1 aliphatic heterocycles. The van der Waals surface area contributed by atoms with E-state index < -0.39 is 0 Å². The van der Waals surface area contributed by atoms with Crippen LogP contribution in [0.2, 0.25) is 0 Å². The van der Waals surface area contributed by atoms with E-state index >= 15 is 0 Å². The fourth-order valence-electron chi connectivity index (χ4n) is 4.21. The molecule has 2 aromatic heterocycles. The quantitative estimate of drug-likeness (QED) is 0.372. The summed E-state index contributed by atoms with van der Waals surface area (Å²) in [5.74, 6) is 3.12. The lowest BCUT2D eigenvalue weighted by atomic mass is 10.1. The van der Waals surface area contributed by atoms with Crippen LogP contribution in [0.5, 0.6) is 17.2 Å². The van der Waals surface area contributed by atoms with Crippen molar-refractivity contribution in [2.24, 2.45) is 0 Å². The molecule has 7 heteroatoms. The molecule has 0 saturated carbocycles. The molecule has 7 nitrogen and oxygen atoms in total. The van der Waals surface area contributed by atoms with Gasteiger partial charge < -0.3 is 24.1 Å². The summed E-state index contributed by atoms with van der Waals surface area (Å²) in [5.41, 5.74) is 5.05. The van der Waals surface area contributed by atoms with E-state index in [0.717, 1.165) is 56.5 Å². The van der Waals surface area contributed by atoms with Gasteiger partial charge in [0.05, 0.1) is 12.5 Å². The van der Waals surface area contributed by atoms with Crippen molar-refractivity contribution in [1.82, 2.24) is 14.5 Å². The Hall–Kier alpha value is -4.52. The Kier molecular flexibility index (Phi) is 4.99. The fourth-order valence-corrected chi connectivity index (χ4v) is 4.21. The van der Waals surface area contributed by atoms with E-state index in [1.54, 1.807) is 13.4 Å². The van der Waals surface area contributed by atoms with Crippen molar-refractivity contribution in [3.8, 4) is 34.1 Å². The highest BCUT2D eigenvalue weighted by Gasteiger charge is 2.18. The summed E-state index contributed by atoms with van der Waals surface area (Å²) in [6.45, 7) is 0.850. The van der Waals surface area contributed by atoms with Gasteiger partial charge in [-0.05, 0) is 47.5 Å². The molecule has 6 rings (SSSR count). The predicted molar refractivity (Wildman–Crippen MR) is 131 cm³/mol. The third-order valence-electron chi connectivity index (χ3n) is 5.92. The fraction of sp³-hybridized carbons (Fsp3) is 0.111. The van der Waals surface area contributed by atoms with Crippen LogP contribution in [-0.4, -0.2) is 28.4 Å². The average Bonchev–Trinajstić information content (AvgIpc) is 3.53. The van der Waals surface area contributed by atoms with Gasteiger partial charge in [0.25, 0.3) is 0 Å².